The number of amides is 1. The fourth-order valence-electron chi connectivity index (χ4n) is 2.81. The Morgan fingerprint density at radius 1 is 1.42 bits per heavy atom. The maximum atomic E-state index is 13.1. The highest BCUT2D eigenvalue weighted by Gasteiger charge is 2.40. The summed E-state index contributed by atoms with van der Waals surface area (Å²) in [5.41, 5.74) is 0.569. The lowest BCUT2D eigenvalue weighted by Gasteiger charge is -2.36. The Labute approximate surface area is 148 Å². The number of aliphatic hydroxyl groups excluding tert-OH is 3. The first kappa shape index (κ1) is 18.4. The van der Waals surface area contributed by atoms with Crippen molar-refractivity contribution >= 4 is 5.91 Å². The normalized spacial score (nSPS) is 25.8. The van der Waals surface area contributed by atoms with Gasteiger partial charge in [-0.3, -0.25) is 4.79 Å². The van der Waals surface area contributed by atoms with E-state index in [9.17, 15) is 24.5 Å². The van der Waals surface area contributed by atoms with Gasteiger partial charge in [0, 0.05) is 6.54 Å². The minimum Gasteiger partial charge on any atom is -0.394 e. The molecular weight excluding hydrogens is 347 g/mol. The topological polar surface area (TPSA) is 130 Å². The molecule has 3 rings (SSSR count). The molecule has 10 heteroatoms. The Morgan fingerprint density at radius 3 is 2.96 bits per heavy atom. The molecule has 4 atom stereocenters. The molecule has 2 aromatic rings. The number of aromatic nitrogens is 3. The third kappa shape index (κ3) is 3.88. The summed E-state index contributed by atoms with van der Waals surface area (Å²) < 4.78 is 19.5. The molecule has 0 radical (unpaired) electrons. The van der Waals surface area contributed by atoms with E-state index in [0.717, 1.165) is 0 Å². The van der Waals surface area contributed by atoms with Gasteiger partial charge in [0.2, 0.25) is 0 Å². The van der Waals surface area contributed by atoms with Crippen molar-refractivity contribution in [3.8, 4) is 0 Å². The van der Waals surface area contributed by atoms with Gasteiger partial charge in [-0.15, -0.1) is 5.10 Å². The number of hydrogen-bond donors (Lipinski definition) is 4. The van der Waals surface area contributed by atoms with E-state index >= 15 is 0 Å². The molecule has 1 fully saturated rings. The molecular formula is C16H19FN4O5. The summed E-state index contributed by atoms with van der Waals surface area (Å²) in [5.74, 6) is -0.932. The first-order chi connectivity index (χ1) is 12.5. The lowest BCUT2D eigenvalue weighted by Crippen LogP contribution is -2.51. The number of halogens is 1. The molecule has 1 aromatic heterocycles. The number of hydrogen-bond acceptors (Lipinski definition) is 7. The summed E-state index contributed by atoms with van der Waals surface area (Å²) in [7, 11) is 0. The predicted octanol–water partition coefficient (Wildman–Crippen LogP) is -0.999. The van der Waals surface area contributed by atoms with Crippen LogP contribution in [0.4, 0.5) is 4.39 Å². The molecule has 0 saturated carbocycles. The summed E-state index contributed by atoms with van der Waals surface area (Å²) in [4.78, 5) is 12.2. The minimum atomic E-state index is -1.21. The molecule has 0 aliphatic carbocycles. The van der Waals surface area contributed by atoms with Gasteiger partial charge in [0.25, 0.3) is 5.91 Å². The van der Waals surface area contributed by atoms with Gasteiger partial charge in [0.05, 0.1) is 19.4 Å². The van der Waals surface area contributed by atoms with Crippen LogP contribution < -0.4 is 5.32 Å². The summed E-state index contributed by atoms with van der Waals surface area (Å²) in [6.45, 7) is -0.396. The summed E-state index contributed by atoms with van der Waals surface area (Å²) in [5, 5.41) is 39.6. The van der Waals surface area contributed by atoms with Gasteiger partial charge in [0.1, 0.15) is 30.2 Å². The van der Waals surface area contributed by atoms with E-state index < -0.39 is 42.7 Å². The van der Waals surface area contributed by atoms with Crippen molar-refractivity contribution < 1.29 is 29.2 Å². The quantitative estimate of drug-likeness (QED) is 0.534. The Hall–Kier alpha value is -2.40. The fourth-order valence-corrected chi connectivity index (χ4v) is 2.81. The first-order valence-corrected chi connectivity index (χ1v) is 8.02. The fraction of sp³-hybridized carbons (Fsp3) is 0.438. The second-order valence-corrected chi connectivity index (χ2v) is 6.00. The maximum absolute atomic E-state index is 13.1. The van der Waals surface area contributed by atoms with Gasteiger partial charge in [0.15, 0.2) is 5.69 Å². The minimum absolute atomic E-state index is 0.0205. The number of rotatable bonds is 5. The monoisotopic (exact) mass is 366 g/mol. The maximum Gasteiger partial charge on any atom is 0.273 e. The van der Waals surface area contributed by atoms with E-state index in [4.69, 9.17) is 4.74 Å². The molecule has 1 aliphatic rings. The number of aliphatic hydroxyl groups is 3. The van der Waals surface area contributed by atoms with Crippen LogP contribution in [0.2, 0.25) is 0 Å². The number of carbonyl (C=O) groups is 1. The van der Waals surface area contributed by atoms with E-state index in [0.29, 0.717) is 5.56 Å². The van der Waals surface area contributed by atoms with Crippen LogP contribution in [-0.2, 0) is 11.3 Å². The van der Waals surface area contributed by atoms with E-state index in [1.165, 1.54) is 23.0 Å². The van der Waals surface area contributed by atoms with Crippen molar-refractivity contribution in [2.45, 2.75) is 30.9 Å². The Kier molecular flexibility index (Phi) is 5.57. The molecule has 0 spiro atoms. The third-order valence-corrected chi connectivity index (χ3v) is 4.18. The molecule has 0 unspecified atom stereocenters. The highest BCUT2D eigenvalue weighted by molar-refractivity contribution is 5.91. The average molecular weight is 366 g/mol. The van der Waals surface area contributed by atoms with Crippen LogP contribution in [0.1, 0.15) is 22.1 Å². The second kappa shape index (κ2) is 7.87. The van der Waals surface area contributed by atoms with Crippen LogP contribution >= 0.6 is 0 Å². The summed E-state index contributed by atoms with van der Waals surface area (Å²) in [6.07, 6.45) is -1.86. The highest BCUT2D eigenvalue weighted by atomic mass is 19.1. The van der Waals surface area contributed by atoms with Crippen LogP contribution in [0.5, 0.6) is 0 Å². The SMILES string of the molecule is O=C(NCc1cccc(F)c1)c1cn([C@H]2[C@@H](O)[C@@H](CO)OC[C@@H]2O)nn1. The van der Waals surface area contributed by atoms with Gasteiger partial charge in [-0.1, -0.05) is 17.3 Å². The molecule has 2 heterocycles. The summed E-state index contributed by atoms with van der Waals surface area (Å²) in [6, 6.07) is 4.92. The zero-order valence-electron chi connectivity index (χ0n) is 13.7. The van der Waals surface area contributed by atoms with Crippen molar-refractivity contribution in [3.63, 3.8) is 0 Å². The van der Waals surface area contributed by atoms with E-state index in [-0.39, 0.29) is 18.8 Å². The zero-order chi connectivity index (χ0) is 18.7. The molecule has 1 saturated heterocycles. The van der Waals surface area contributed by atoms with E-state index in [2.05, 4.69) is 15.6 Å². The molecule has 140 valence electrons. The summed E-state index contributed by atoms with van der Waals surface area (Å²) >= 11 is 0. The van der Waals surface area contributed by atoms with Crippen molar-refractivity contribution in [2.24, 2.45) is 0 Å². The zero-order valence-corrected chi connectivity index (χ0v) is 13.7. The molecule has 0 bridgehead atoms. The second-order valence-electron chi connectivity index (χ2n) is 6.00. The Bertz CT molecular complexity index is 771. The van der Waals surface area contributed by atoms with E-state index in [1.807, 2.05) is 0 Å². The highest BCUT2D eigenvalue weighted by Crippen LogP contribution is 2.25. The molecule has 1 amide bonds. The van der Waals surface area contributed by atoms with Gasteiger partial charge in [-0.25, -0.2) is 9.07 Å². The predicted molar refractivity (Wildman–Crippen MR) is 85.5 cm³/mol. The standard InChI is InChI=1S/C16H19FN4O5/c17-10-3-1-2-9(4-10)5-18-16(25)11-6-21(20-19-11)14-12(23)8-26-13(7-22)15(14)24/h1-4,6,12-15,22-24H,5,7-8H2,(H,18,25)/t12-,13+,14+,15-/m0/s1. The van der Waals surface area contributed by atoms with Crippen LogP contribution in [-0.4, -0.2) is 67.7 Å². The lowest BCUT2D eigenvalue weighted by atomic mass is 9.98. The molecule has 1 aromatic carbocycles. The van der Waals surface area contributed by atoms with Gasteiger partial charge in [-0.05, 0) is 17.7 Å². The molecule has 26 heavy (non-hydrogen) atoms. The number of nitrogens with zero attached hydrogens (tertiary/aromatic N) is 3. The van der Waals surface area contributed by atoms with Crippen molar-refractivity contribution in [3.05, 3.63) is 47.5 Å². The van der Waals surface area contributed by atoms with Crippen molar-refractivity contribution in [2.75, 3.05) is 13.2 Å². The van der Waals surface area contributed by atoms with Crippen LogP contribution in [0.15, 0.2) is 30.5 Å². The third-order valence-electron chi connectivity index (χ3n) is 4.18. The van der Waals surface area contributed by atoms with Crippen LogP contribution in [0.25, 0.3) is 0 Å². The van der Waals surface area contributed by atoms with Gasteiger partial charge >= 0.3 is 0 Å². The van der Waals surface area contributed by atoms with Crippen LogP contribution in [0.3, 0.4) is 0 Å². The smallest absolute Gasteiger partial charge is 0.273 e. The molecule has 1 aliphatic heterocycles. The van der Waals surface area contributed by atoms with Crippen molar-refractivity contribution in [1.29, 1.82) is 0 Å². The number of carbonyl (C=O) groups excluding carboxylic acids is 1. The van der Waals surface area contributed by atoms with Gasteiger partial charge in [-0.2, -0.15) is 0 Å². The van der Waals surface area contributed by atoms with E-state index in [1.54, 1.807) is 12.1 Å². The number of benzene rings is 1. The first-order valence-electron chi connectivity index (χ1n) is 8.02. The molecule has 9 nitrogen and oxygen atoms in total. The average Bonchev–Trinajstić information content (AvgIpc) is 3.10. The molecule has 4 N–H and O–H groups in total. The number of ether oxygens (including phenoxy) is 1. The number of nitrogens with one attached hydrogen (secondary N) is 1. The Balaban J connectivity index is 1.67. The van der Waals surface area contributed by atoms with Gasteiger partial charge < -0.3 is 25.4 Å². The largest absolute Gasteiger partial charge is 0.394 e. The van der Waals surface area contributed by atoms with Crippen LogP contribution in [0, 0.1) is 5.82 Å². The lowest BCUT2D eigenvalue weighted by molar-refractivity contribution is -0.166. The Morgan fingerprint density at radius 2 is 2.23 bits per heavy atom. The van der Waals surface area contributed by atoms with Crippen molar-refractivity contribution in [1.82, 2.24) is 20.3 Å².